The van der Waals surface area contributed by atoms with Crippen LogP contribution in [0.25, 0.3) is 0 Å². The molecule has 1 heterocycles. The number of nitriles is 1. The van der Waals surface area contributed by atoms with Gasteiger partial charge in [0.25, 0.3) is 0 Å². The first-order valence-corrected chi connectivity index (χ1v) is 8.05. The molecule has 1 aromatic carbocycles. The van der Waals surface area contributed by atoms with Crippen LogP contribution in [0, 0.1) is 23.2 Å². The number of benzene rings is 1. The van der Waals surface area contributed by atoms with Gasteiger partial charge in [-0.1, -0.05) is 32.0 Å². The number of para-hydroxylation sites is 1. The topological polar surface area (TPSA) is 47.3 Å². The molecule has 2 rings (SSSR count). The minimum atomic E-state index is 0.0859. The maximum atomic E-state index is 12.7. The Morgan fingerprint density at radius 2 is 1.91 bits per heavy atom. The summed E-state index contributed by atoms with van der Waals surface area (Å²) in [6.07, 6.45) is 1.59. The molecule has 2 unspecified atom stereocenters. The van der Waals surface area contributed by atoms with Crippen molar-refractivity contribution in [2.45, 2.75) is 26.7 Å². The molecule has 0 spiro atoms. The van der Waals surface area contributed by atoms with Gasteiger partial charge in [-0.2, -0.15) is 5.26 Å². The molecular weight excluding hydrogens is 274 g/mol. The number of nitrogens with zero attached hydrogens (tertiary/aromatic N) is 3. The third-order valence-electron chi connectivity index (χ3n) is 4.12. The second kappa shape index (κ2) is 7.95. The van der Waals surface area contributed by atoms with Crippen LogP contribution in [0.3, 0.4) is 0 Å². The third-order valence-corrected chi connectivity index (χ3v) is 4.12. The Morgan fingerprint density at radius 3 is 2.50 bits per heavy atom. The SMILES string of the molecule is CC1CC(C)CN(CC(=O)N(CCC#N)c2ccccc2)C1. The molecule has 2 atom stereocenters. The molecule has 4 heteroatoms. The maximum Gasteiger partial charge on any atom is 0.241 e. The van der Waals surface area contributed by atoms with Crippen molar-refractivity contribution in [1.82, 2.24) is 4.90 Å². The van der Waals surface area contributed by atoms with Crippen molar-refractivity contribution in [2.75, 3.05) is 31.1 Å². The van der Waals surface area contributed by atoms with Gasteiger partial charge in [0, 0.05) is 25.3 Å². The van der Waals surface area contributed by atoms with E-state index in [4.69, 9.17) is 5.26 Å². The summed E-state index contributed by atoms with van der Waals surface area (Å²) in [5.74, 6) is 1.37. The van der Waals surface area contributed by atoms with E-state index in [2.05, 4.69) is 24.8 Å². The van der Waals surface area contributed by atoms with E-state index in [-0.39, 0.29) is 5.91 Å². The first kappa shape index (κ1) is 16.5. The highest BCUT2D eigenvalue weighted by molar-refractivity contribution is 5.94. The number of piperidine rings is 1. The van der Waals surface area contributed by atoms with E-state index in [1.54, 1.807) is 4.90 Å². The Bertz CT molecular complexity index is 513. The van der Waals surface area contributed by atoms with Crippen LogP contribution < -0.4 is 4.90 Å². The molecule has 22 heavy (non-hydrogen) atoms. The predicted octanol–water partition coefficient (Wildman–Crippen LogP) is 2.91. The van der Waals surface area contributed by atoms with Gasteiger partial charge < -0.3 is 4.90 Å². The Hall–Kier alpha value is -1.86. The average molecular weight is 299 g/mol. The molecular formula is C18H25N3O. The number of rotatable bonds is 5. The summed E-state index contributed by atoms with van der Waals surface area (Å²) in [6.45, 7) is 7.36. The van der Waals surface area contributed by atoms with E-state index in [0.29, 0.717) is 31.3 Å². The summed E-state index contributed by atoms with van der Waals surface area (Å²) in [5, 5.41) is 8.84. The van der Waals surface area contributed by atoms with Crippen LogP contribution in [0.4, 0.5) is 5.69 Å². The van der Waals surface area contributed by atoms with E-state index >= 15 is 0 Å². The lowest BCUT2D eigenvalue weighted by atomic mass is 9.92. The normalized spacial score (nSPS) is 22.0. The average Bonchev–Trinajstić information content (AvgIpc) is 2.47. The highest BCUT2D eigenvalue weighted by Crippen LogP contribution is 2.21. The standard InChI is InChI=1S/C18H25N3O/c1-15-11-16(2)13-20(12-15)14-18(22)21(10-6-9-19)17-7-4-3-5-8-17/h3-5,7-8,15-16H,6,10-14H2,1-2H3. The van der Waals surface area contributed by atoms with Crippen molar-refractivity contribution in [2.24, 2.45) is 11.8 Å². The molecule has 118 valence electrons. The van der Waals surface area contributed by atoms with Crippen LogP contribution in [0.5, 0.6) is 0 Å². The van der Waals surface area contributed by atoms with Gasteiger partial charge in [0.05, 0.1) is 19.0 Å². The largest absolute Gasteiger partial charge is 0.310 e. The molecule has 1 aliphatic heterocycles. The maximum absolute atomic E-state index is 12.7. The Kier molecular flexibility index (Phi) is 5.97. The van der Waals surface area contributed by atoms with Crippen molar-refractivity contribution < 1.29 is 4.79 Å². The van der Waals surface area contributed by atoms with E-state index < -0.39 is 0 Å². The van der Waals surface area contributed by atoms with Crippen molar-refractivity contribution >= 4 is 11.6 Å². The van der Waals surface area contributed by atoms with Crippen molar-refractivity contribution in [3.63, 3.8) is 0 Å². The fraction of sp³-hybridized carbons (Fsp3) is 0.556. The monoisotopic (exact) mass is 299 g/mol. The number of likely N-dealkylation sites (tertiary alicyclic amines) is 1. The predicted molar refractivity (Wildman–Crippen MR) is 88.4 cm³/mol. The van der Waals surface area contributed by atoms with Crippen LogP contribution in [-0.2, 0) is 4.79 Å². The minimum absolute atomic E-state index is 0.0859. The fourth-order valence-corrected chi connectivity index (χ4v) is 3.37. The van der Waals surface area contributed by atoms with E-state index in [9.17, 15) is 4.79 Å². The molecule has 0 N–H and O–H groups in total. The summed E-state index contributed by atoms with van der Waals surface area (Å²) in [4.78, 5) is 16.7. The molecule has 0 aliphatic carbocycles. The molecule has 1 amide bonds. The first-order valence-electron chi connectivity index (χ1n) is 8.05. The number of carbonyl (C=O) groups excluding carboxylic acids is 1. The lowest BCUT2D eigenvalue weighted by Crippen LogP contribution is -2.46. The first-order chi connectivity index (χ1) is 10.6. The van der Waals surface area contributed by atoms with Crippen LogP contribution in [0.15, 0.2) is 30.3 Å². The molecule has 1 aliphatic rings. The van der Waals surface area contributed by atoms with Crippen LogP contribution in [0.1, 0.15) is 26.7 Å². The Balaban J connectivity index is 2.04. The molecule has 0 bridgehead atoms. The highest BCUT2D eigenvalue weighted by atomic mass is 16.2. The van der Waals surface area contributed by atoms with Gasteiger partial charge in [-0.3, -0.25) is 9.69 Å². The van der Waals surface area contributed by atoms with Gasteiger partial charge in [-0.15, -0.1) is 0 Å². The van der Waals surface area contributed by atoms with Gasteiger partial charge in [0.1, 0.15) is 0 Å². The van der Waals surface area contributed by atoms with E-state index in [0.717, 1.165) is 18.8 Å². The van der Waals surface area contributed by atoms with Crippen LogP contribution >= 0.6 is 0 Å². The molecule has 0 aromatic heterocycles. The van der Waals surface area contributed by atoms with Gasteiger partial charge in [-0.25, -0.2) is 0 Å². The summed E-state index contributed by atoms with van der Waals surface area (Å²) >= 11 is 0. The number of carbonyl (C=O) groups is 1. The van der Waals surface area contributed by atoms with Crippen molar-refractivity contribution in [1.29, 1.82) is 5.26 Å². The second-order valence-electron chi connectivity index (χ2n) is 6.43. The summed E-state index contributed by atoms with van der Waals surface area (Å²) in [5.41, 5.74) is 0.876. The van der Waals surface area contributed by atoms with E-state index in [1.807, 2.05) is 30.3 Å². The molecule has 1 aromatic rings. The van der Waals surface area contributed by atoms with Gasteiger partial charge in [0.2, 0.25) is 5.91 Å². The van der Waals surface area contributed by atoms with Gasteiger partial charge >= 0.3 is 0 Å². The van der Waals surface area contributed by atoms with Crippen molar-refractivity contribution in [3.05, 3.63) is 30.3 Å². The van der Waals surface area contributed by atoms with E-state index in [1.165, 1.54) is 6.42 Å². The summed E-state index contributed by atoms with van der Waals surface area (Å²) < 4.78 is 0. The number of amides is 1. The quantitative estimate of drug-likeness (QED) is 0.840. The zero-order valence-corrected chi connectivity index (χ0v) is 13.5. The number of hydrogen-bond acceptors (Lipinski definition) is 3. The highest BCUT2D eigenvalue weighted by Gasteiger charge is 2.25. The third kappa shape index (κ3) is 4.57. The smallest absolute Gasteiger partial charge is 0.241 e. The minimum Gasteiger partial charge on any atom is -0.310 e. The zero-order chi connectivity index (χ0) is 15.9. The second-order valence-corrected chi connectivity index (χ2v) is 6.43. The molecule has 0 radical (unpaired) electrons. The summed E-state index contributed by atoms with van der Waals surface area (Å²) in [6, 6.07) is 11.8. The Labute approximate surface area is 133 Å². The summed E-state index contributed by atoms with van der Waals surface area (Å²) in [7, 11) is 0. The van der Waals surface area contributed by atoms with Crippen molar-refractivity contribution in [3.8, 4) is 6.07 Å². The van der Waals surface area contributed by atoms with Crippen LogP contribution in [0.2, 0.25) is 0 Å². The molecule has 1 fully saturated rings. The lowest BCUT2D eigenvalue weighted by Gasteiger charge is -2.35. The number of hydrogen-bond donors (Lipinski definition) is 0. The number of anilines is 1. The van der Waals surface area contributed by atoms with Gasteiger partial charge in [-0.05, 0) is 30.4 Å². The molecule has 4 nitrogen and oxygen atoms in total. The van der Waals surface area contributed by atoms with Gasteiger partial charge in [0.15, 0.2) is 0 Å². The molecule has 1 saturated heterocycles. The van der Waals surface area contributed by atoms with Crippen LogP contribution in [-0.4, -0.2) is 37.0 Å². The Morgan fingerprint density at radius 1 is 1.27 bits per heavy atom. The molecule has 0 saturated carbocycles. The fourth-order valence-electron chi connectivity index (χ4n) is 3.37. The lowest BCUT2D eigenvalue weighted by molar-refractivity contribution is -0.120. The zero-order valence-electron chi connectivity index (χ0n) is 13.5.